The third-order valence-electron chi connectivity index (χ3n) is 6.05. The summed E-state index contributed by atoms with van der Waals surface area (Å²) in [6.07, 6.45) is 0.519. The van der Waals surface area contributed by atoms with Gasteiger partial charge in [-0.3, -0.25) is 4.90 Å². The molecule has 4 rings (SSSR count). The van der Waals surface area contributed by atoms with Gasteiger partial charge in [0.1, 0.15) is 17.7 Å². The maximum absolute atomic E-state index is 14.0. The number of hydrogen-bond donors (Lipinski definition) is 1. The molecule has 1 aliphatic heterocycles. The predicted molar refractivity (Wildman–Crippen MR) is 106 cm³/mol. The Kier molecular flexibility index (Phi) is 5.83. The number of nitrogens with zero attached hydrogens (tertiary/aromatic N) is 1. The first-order valence-electron chi connectivity index (χ1n) is 10.0. The minimum absolute atomic E-state index is 0.172. The summed E-state index contributed by atoms with van der Waals surface area (Å²) in [6.45, 7) is 2.32. The largest absolute Gasteiger partial charge is 0.488 e. The minimum atomic E-state index is -0.563. The molecule has 29 heavy (non-hydrogen) atoms. The van der Waals surface area contributed by atoms with E-state index in [4.69, 9.17) is 9.47 Å². The predicted octanol–water partition coefficient (Wildman–Crippen LogP) is 3.26. The first-order chi connectivity index (χ1) is 14.0. The highest BCUT2D eigenvalue weighted by atomic mass is 19.1. The number of benzene rings is 2. The Hall–Kier alpha value is -2.44. The third kappa shape index (κ3) is 4.43. The second-order valence-electron chi connectivity index (χ2n) is 8.02. The van der Waals surface area contributed by atoms with E-state index in [1.165, 1.54) is 13.2 Å². The van der Waals surface area contributed by atoms with Crippen molar-refractivity contribution in [1.82, 2.24) is 4.90 Å². The molecule has 1 N–H and O–H groups in total. The van der Waals surface area contributed by atoms with Crippen molar-refractivity contribution in [3.63, 3.8) is 0 Å². The van der Waals surface area contributed by atoms with Gasteiger partial charge in [-0.15, -0.1) is 0 Å². The molecule has 1 heterocycles. The molecule has 154 valence electrons. The molecule has 0 bridgehead atoms. The monoisotopic (exact) mass is 399 g/mol. The number of aliphatic hydroxyl groups is 1. The average Bonchev–Trinajstić information content (AvgIpc) is 3.10. The molecule has 0 spiro atoms. The molecule has 2 aliphatic rings. The van der Waals surface area contributed by atoms with Crippen LogP contribution in [-0.2, 0) is 11.3 Å². The van der Waals surface area contributed by atoms with Crippen LogP contribution in [0.15, 0.2) is 48.5 Å². The molecule has 2 aromatic rings. The van der Waals surface area contributed by atoms with E-state index >= 15 is 0 Å². The third-order valence-corrected chi connectivity index (χ3v) is 6.05. The number of carbonyl (C=O) groups is 1. The Bertz CT molecular complexity index is 873. The van der Waals surface area contributed by atoms with Gasteiger partial charge in [0.15, 0.2) is 0 Å². The van der Waals surface area contributed by atoms with Crippen molar-refractivity contribution in [2.75, 3.05) is 20.2 Å². The number of hydrogen-bond acceptors (Lipinski definition) is 5. The number of likely N-dealkylation sites (tertiary alicyclic amines) is 1. The summed E-state index contributed by atoms with van der Waals surface area (Å²) in [7, 11) is 1.34. The fourth-order valence-electron chi connectivity index (χ4n) is 4.60. The molecule has 6 heteroatoms. The topological polar surface area (TPSA) is 59.0 Å². The van der Waals surface area contributed by atoms with Crippen molar-refractivity contribution in [2.24, 2.45) is 11.8 Å². The van der Waals surface area contributed by atoms with Gasteiger partial charge >= 0.3 is 5.97 Å². The molecule has 4 atom stereocenters. The number of aliphatic hydroxyl groups excluding tert-OH is 1. The van der Waals surface area contributed by atoms with Gasteiger partial charge in [0, 0.05) is 25.2 Å². The highest BCUT2D eigenvalue weighted by Gasteiger charge is 2.42. The van der Waals surface area contributed by atoms with Gasteiger partial charge in [0.05, 0.1) is 18.8 Å². The minimum Gasteiger partial charge on any atom is -0.488 e. The maximum atomic E-state index is 14.0. The van der Waals surface area contributed by atoms with E-state index in [1.54, 1.807) is 30.3 Å². The van der Waals surface area contributed by atoms with Crippen LogP contribution in [0, 0.1) is 17.7 Å². The lowest BCUT2D eigenvalue weighted by Crippen LogP contribution is -2.42. The number of esters is 1. The van der Waals surface area contributed by atoms with Crippen molar-refractivity contribution >= 4 is 5.97 Å². The van der Waals surface area contributed by atoms with E-state index < -0.39 is 12.1 Å². The van der Waals surface area contributed by atoms with Crippen LogP contribution in [0.2, 0.25) is 0 Å². The number of halogens is 1. The fraction of sp³-hybridized carbons (Fsp3) is 0.435. The van der Waals surface area contributed by atoms with Crippen LogP contribution in [-0.4, -0.2) is 48.4 Å². The second-order valence-corrected chi connectivity index (χ2v) is 8.02. The summed E-state index contributed by atoms with van der Waals surface area (Å²) in [4.78, 5) is 14.0. The van der Waals surface area contributed by atoms with E-state index in [1.807, 2.05) is 12.1 Å². The SMILES string of the molecule is COC(=O)c1cccc(O[C@@H]2C[C@@H]3CN(Cc4ccccc4F)C[C@@H]3C[C@H]2O)c1. The van der Waals surface area contributed by atoms with Crippen molar-refractivity contribution in [1.29, 1.82) is 0 Å². The van der Waals surface area contributed by atoms with Crippen LogP contribution >= 0.6 is 0 Å². The Morgan fingerprint density at radius 3 is 2.66 bits per heavy atom. The average molecular weight is 399 g/mol. The number of ether oxygens (including phenoxy) is 2. The van der Waals surface area contributed by atoms with Gasteiger partial charge in [0.2, 0.25) is 0 Å². The Morgan fingerprint density at radius 1 is 1.14 bits per heavy atom. The van der Waals surface area contributed by atoms with E-state index in [-0.39, 0.29) is 11.9 Å². The Balaban J connectivity index is 1.39. The lowest BCUT2D eigenvalue weighted by Gasteiger charge is -2.35. The molecule has 2 aromatic carbocycles. The highest BCUT2D eigenvalue weighted by molar-refractivity contribution is 5.89. The van der Waals surface area contributed by atoms with Gasteiger partial charge in [-0.2, -0.15) is 0 Å². The molecule has 5 nitrogen and oxygen atoms in total. The normalized spacial score (nSPS) is 26.7. The molecular weight excluding hydrogens is 373 g/mol. The molecule has 0 radical (unpaired) electrons. The van der Waals surface area contributed by atoms with Crippen LogP contribution in [0.4, 0.5) is 4.39 Å². The van der Waals surface area contributed by atoms with Crippen LogP contribution in [0.5, 0.6) is 5.75 Å². The summed E-state index contributed by atoms with van der Waals surface area (Å²) in [6, 6.07) is 13.7. The zero-order valence-electron chi connectivity index (χ0n) is 16.5. The van der Waals surface area contributed by atoms with Crippen LogP contribution in [0.1, 0.15) is 28.8 Å². The molecule has 0 aromatic heterocycles. The van der Waals surface area contributed by atoms with Crippen molar-refractivity contribution in [2.45, 2.75) is 31.6 Å². The van der Waals surface area contributed by atoms with E-state index in [2.05, 4.69) is 4.90 Å². The van der Waals surface area contributed by atoms with Gasteiger partial charge in [0.25, 0.3) is 0 Å². The molecule has 0 amide bonds. The molecule has 1 saturated heterocycles. The van der Waals surface area contributed by atoms with Crippen LogP contribution < -0.4 is 4.74 Å². The first kappa shape index (κ1) is 19.9. The zero-order valence-corrected chi connectivity index (χ0v) is 16.5. The summed E-state index contributed by atoms with van der Waals surface area (Å²) in [5, 5.41) is 10.6. The number of carbonyl (C=O) groups excluding carboxylic acids is 1. The van der Waals surface area contributed by atoms with Crippen molar-refractivity contribution in [3.05, 3.63) is 65.5 Å². The summed E-state index contributed by atoms with van der Waals surface area (Å²) >= 11 is 0. The summed E-state index contributed by atoms with van der Waals surface area (Å²) < 4.78 is 24.8. The van der Waals surface area contributed by atoms with E-state index in [0.29, 0.717) is 41.7 Å². The number of rotatable bonds is 5. The van der Waals surface area contributed by atoms with Gasteiger partial charge in [-0.1, -0.05) is 24.3 Å². The standard InChI is InChI=1S/C23H26FNO4/c1-28-23(27)15-6-4-7-19(9-15)29-22-11-18-14-25(13-17(18)10-21(22)26)12-16-5-2-3-8-20(16)24/h2-9,17-18,21-22,26H,10-14H2,1H3/t17-,18+,21+,22+/m0/s1. The lowest BCUT2D eigenvalue weighted by atomic mass is 9.78. The van der Waals surface area contributed by atoms with Crippen LogP contribution in [0.25, 0.3) is 0 Å². The van der Waals surface area contributed by atoms with Crippen LogP contribution in [0.3, 0.4) is 0 Å². The first-order valence-corrected chi connectivity index (χ1v) is 10.0. The van der Waals surface area contributed by atoms with Gasteiger partial charge in [-0.05, 0) is 48.9 Å². The van der Waals surface area contributed by atoms with Gasteiger partial charge < -0.3 is 14.6 Å². The second kappa shape index (κ2) is 8.51. The highest BCUT2D eigenvalue weighted by Crippen LogP contribution is 2.38. The van der Waals surface area contributed by atoms with E-state index in [0.717, 1.165) is 19.5 Å². The summed E-state index contributed by atoms with van der Waals surface area (Å²) in [5.41, 5.74) is 1.13. The zero-order chi connectivity index (χ0) is 20.4. The molecular formula is C23H26FNO4. The molecule has 1 aliphatic carbocycles. The number of fused-ring (bicyclic) bond motifs is 1. The Morgan fingerprint density at radius 2 is 1.90 bits per heavy atom. The lowest BCUT2D eigenvalue weighted by molar-refractivity contribution is -0.0231. The number of methoxy groups -OCH3 is 1. The fourth-order valence-corrected chi connectivity index (χ4v) is 4.60. The van der Waals surface area contributed by atoms with E-state index in [9.17, 15) is 14.3 Å². The van der Waals surface area contributed by atoms with Crippen molar-refractivity contribution in [3.8, 4) is 5.75 Å². The smallest absolute Gasteiger partial charge is 0.337 e. The quantitative estimate of drug-likeness (QED) is 0.782. The summed E-state index contributed by atoms with van der Waals surface area (Å²) in [5.74, 6) is 0.752. The molecule has 0 unspecified atom stereocenters. The molecule has 1 saturated carbocycles. The Labute approximate surface area is 170 Å². The maximum Gasteiger partial charge on any atom is 0.337 e. The van der Waals surface area contributed by atoms with Gasteiger partial charge in [-0.25, -0.2) is 9.18 Å². The van der Waals surface area contributed by atoms with Crippen molar-refractivity contribution < 1.29 is 23.8 Å². The molecule has 2 fully saturated rings.